The van der Waals surface area contributed by atoms with E-state index in [4.69, 9.17) is 0 Å². The van der Waals surface area contributed by atoms with Crippen molar-refractivity contribution in [1.29, 1.82) is 0 Å². The van der Waals surface area contributed by atoms with E-state index in [1.807, 2.05) is 19.9 Å². The van der Waals surface area contributed by atoms with Gasteiger partial charge < -0.3 is 0 Å². The molecule has 3 nitrogen and oxygen atoms in total. The number of rotatable bonds is 7. The SMILES string of the molecule is CCCCCN(C(C)C)S(=O)(=O)c1cccc(Br)c1. The molecule has 0 spiro atoms. The topological polar surface area (TPSA) is 37.4 Å². The monoisotopic (exact) mass is 347 g/mol. The summed E-state index contributed by atoms with van der Waals surface area (Å²) in [5.41, 5.74) is 0. The van der Waals surface area contributed by atoms with Crippen LogP contribution in [0.4, 0.5) is 0 Å². The van der Waals surface area contributed by atoms with Gasteiger partial charge in [0, 0.05) is 17.1 Å². The van der Waals surface area contributed by atoms with E-state index in [1.54, 1.807) is 22.5 Å². The molecule has 0 fully saturated rings. The molecule has 1 rings (SSSR count). The van der Waals surface area contributed by atoms with Crippen LogP contribution in [0.2, 0.25) is 0 Å². The van der Waals surface area contributed by atoms with Gasteiger partial charge in [-0.2, -0.15) is 4.31 Å². The van der Waals surface area contributed by atoms with Gasteiger partial charge in [0.1, 0.15) is 0 Å². The van der Waals surface area contributed by atoms with Crippen molar-refractivity contribution in [1.82, 2.24) is 4.31 Å². The molecule has 0 amide bonds. The molecule has 1 aromatic rings. The lowest BCUT2D eigenvalue weighted by atomic mass is 10.2. The summed E-state index contributed by atoms with van der Waals surface area (Å²) in [7, 11) is -3.40. The van der Waals surface area contributed by atoms with Crippen LogP contribution in [0.25, 0.3) is 0 Å². The van der Waals surface area contributed by atoms with Gasteiger partial charge in [-0.25, -0.2) is 8.42 Å². The van der Waals surface area contributed by atoms with Crippen molar-refractivity contribution in [3.05, 3.63) is 28.7 Å². The summed E-state index contributed by atoms with van der Waals surface area (Å²) >= 11 is 3.32. The fraction of sp³-hybridized carbons (Fsp3) is 0.571. The van der Waals surface area contributed by atoms with Gasteiger partial charge in [-0.1, -0.05) is 41.8 Å². The van der Waals surface area contributed by atoms with Gasteiger partial charge in [0.15, 0.2) is 0 Å². The predicted molar refractivity (Wildman–Crippen MR) is 82.7 cm³/mol. The zero-order valence-electron chi connectivity index (χ0n) is 11.8. The summed E-state index contributed by atoms with van der Waals surface area (Å²) in [5.74, 6) is 0. The summed E-state index contributed by atoms with van der Waals surface area (Å²) in [4.78, 5) is 0.354. The van der Waals surface area contributed by atoms with E-state index in [1.165, 1.54) is 0 Å². The first kappa shape index (κ1) is 16.7. The Hall–Kier alpha value is -0.390. The molecule has 1 aromatic carbocycles. The third kappa shape index (κ3) is 4.58. The third-order valence-electron chi connectivity index (χ3n) is 2.96. The van der Waals surface area contributed by atoms with E-state index in [0.29, 0.717) is 11.4 Å². The van der Waals surface area contributed by atoms with Crippen LogP contribution in [0, 0.1) is 0 Å². The fourth-order valence-corrected chi connectivity index (χ4v) is 4.21. The molecular weight excluding hydrogens is 326 g/mol. The van der Waals surface area contributed by atoms with E-state index in [-0.39, 0.29) is 6.04 Å². The van der Waals surface area contributed by atoms with Crippen LogP contribution in [-0.4, -0.2) is 25.3 Å². The maximum atomic E-state index is 12.6. The smallest absolute Gasteiger partial charge is 0.207 e. The van der Waals surface area contributed by atoms with Crippen molar-refractivity contribution in [2.75, 3.05) is 6.54 Å². The molecule has 108 valence electrons. The van der Waals surface area contributed by atoms with E-state index in [0.717, 1.165) is 23.7 Å². The number of hydrogen-bond donors (Lipinski definition) is 0. The van der Waals surface area contributed by atoms with Crippen LogP contribution in [-0.2, 0) is 10.0 Å². The van der Waals surface area contributed by atoms with Crippen molar-refractivity contribution in [2.24, 2.45) is 0 Å². The van der Waals surface area contributed by atoms with E-state index < -0.39 is 10.0 Å². The Morgan fingerprint density at radius 1 is 1.26 bits per heavy atom. The Labute approximate surface area is 125 Å². The first-order valence-electron chi connectivity index (χ1n) is 6.67. The van der Waals surface area contributed by atoms with Crippen LogP contribution in [0.3, 0.4) is 0 Å². The summed E-state index contributed by atoms with van der Waals surface area (Å²) in [6, 6.07) is 6.86. The minimum atomic E-state index is -3.40. The molecule has 0 aliphatic heterocycles. The minimum absolute atomic E-state index is 0.0270. The molecule has 0 heterocycles. The van der Waals surface area contributed by atoms with Crippen LogP contribution < -0.4 is 0 Å². The molecule has 5 heteroatoms. The summed E-state index contributed by atoms with van der Waals surface area (Å²) in [5, 5.41) is 0. The number of unbranched alkanes of at least 4 members (excludes halogenated alkanes) is 2. The molecule has 0 saturated carbocycles. The fourth-order valence-electron chi connectivity index (χ4n) is 1.94. The highest BCUT2D eigenvalue weighted by Crippen LogP contribution is 2.22. The number of halogens is 1. The van der Waals surface area contributed by atoms with Crippen molar-refractivity contribution >= 4 is 26.0 Å². The zero-order valence-corrected chi connectivity index (χ0v) is 14.2. The van der Waals surface area contributed by atoms with Crippen LogP contribution >= 0.6 is 15.9 Å². The Balaban J connectivity index is 2.99. The van der Waals surface area contributed by atoms with Gasteiger partial charge in [-0.05, 0) is 38.5 Å². The second-order valence-electron chi connectivity index (χ2n) is 4.87. The number of nitrogens with zero attached hydrogens (tertiary/aromatic N) is 1. The molecule has 0 bridgehead atoms. The largest absolute Gasteiger partial charge is 0.243 e. The van der Waals surface area contributed by atoms with Gasteiger partial charge in [0.05, 0.1) is 4.90 Å². The molecule has 0 atom stereocenters. The second kappa shape index (κ2) is 7.41. The van der Waals surface area contributed by atoms with Crippen LogP contribution in [0.1, 0.15) is 40.0 Å². The van der Waals surface area contributed by atoms with Gasteiger partial charge in [-0.3, -0.25) is 0 Å². The minimum Gasteiger partial charge on any atom is -0.207 e. The molecule has 0 N–H and O–H groups in total. The first-order valence-corrected chi connectivity index (χ1v) is 8.90. The van der Waals surface area contributed by atoms with Crippen molar-refractivity contribution in [3.63, 3.8) is 0 Å². The molecule has 0 aromatic heterocycles. The highest BCUT2D eigenvalue weighted by molar-refractivity contribution is 9.10. The van der Waals surface area contributed by atoms with Crippen molar-refractivity contribution in [3.8, 4) is 0 Å². The number of benzene rings is 1. The van der Waals surface area contributed by atoms with E-state index >= 15 is 0 Å². The molecule has 19 heavy (non-hydrogen) atoms. The van der Waals surface area contributed by atoms with Crippen molar-refractivity contribution < 1.29 is 8.42 Å². The Kier molecular flexibility index (Phi) is 6.50. The van der Waals surface area contributed by atoms with Gasteiger partial charge >= 0.3 is 0 Å². The highest BCUT2D eigenvalue weighted by Gasteiger charge is 2.26. The zero-order chi connectivity index (χ0) is 14.5. The Morgan fingerprint density at radius 2 is 1.95 bits per heavy atom. The average Bonchev–Trinajstić information content (AvgIpc) is 2.34. The summed E-state index contributed by atoms with van der Waals surface area (Å²) < 4.78 is 27.6. The molecule has 0 radical (unpaired) electrons. The number of sulfonamides is 1. The number of hydrogen-bond acceptors (Lipinski definition) is 2. The molecule has 0 aliphatic carbocycles. The highest BCUT2D eigenvalue weighted by atomic mass is 79.9. The lowest BCUT2D eigenvalue weighted by Gasteiger charge is -2.26. The van der Waals surface area contributed by atoms with Crippen LogP contribution in [0.15, 0.2) is 33.6 Å². The second-order valence-corrected chi connectivity index (χ2v) is 7.68. The molecule has 0 aliphatic rings. The normalized spacial score (nSPS) is 12.3. The summed E-state index contributed by atoms with van der Waals surface area (Å²) in [6.45, 7) is 6.53. The standard InChI is InChI=1S/C14H22BrNO2S/c1-4-5-6-10-16(12(2)3)19(17,18)14-9-7-8-13(15)11-14/h7-9,11-12H,4-6,10H2,1-3H3. The van der Waals surface area contributed by atoms with Crippen molar-refractivity contribution in [2.45, 2.75) is 51.0 Å². The van der Waals surface area contributed by atoms with E-state index in [9.17, 15) is 8.42 Å². The lowest BCUT2D eigenvalue weighted by molar-refractivity contribution is 0.345. The van der Waals surface area contributed by atoms with Gasteiger partial charge in [0.25, 0.3) is 0 Å². The third-order valence-corrected chi connectivity index (χ3v) is 5.53. The average molecular weight is 348 g/mol. The molecule has 0 unspecified atom stereocenters. The lowest BCUT2D eigenvalue weighted by Crippen LogP contribution is -2.37. The van der Waals surface area contributed by atoms with Gasteiger partial charge in [-0.15, -0.1) is 0 Å². The Morgan fingerprint density at radius 3 is 2.47 bits per heavy atom. The maximum Gasteiger partial charge on any atom is 0.243 e. The molecule has 0 saturated heterocycles. The summed E-state index contributed by atoms with van der Waals surface area (Å²) in [6.07, 6.45) is 3.04. The Bertz CT molecular complexity index is 500. The quantitative estimate of drug-likeness (QED) is 0.698. The maximum absolute atomic E-state index is 12.6. The van der Waals surface area contributed by atoms with Crippen LogP contribution in [0.5, 0.6) is 0 Å². The molecular formula is C14H22BrNO2S. The first-order chi connectivity index (χ1) is 8.89. The van der Waals surface area contributed by atoms with E-state index in [2.05, 4.69) is 22.9 Å². The van der Waals surface area contributed by atoms with Gasteiger partial charge in [0.2, 0.25) is 10.0 Å². The predicted octanol–water partition coefficient (Wildman–Crippen LogP) is 4.04.